The minimum Gasteiger partial charge on any atom is -0.477 e. The average Bonchev–Trinajstić information content (AvgIpc) is 2.42. The third-order valence-corrected chi connectivity index (χ3v) is 3.12. The van der Waals surface area contributed by atoms with Gasteiger partial charge in [-0.1, -0.05) is 17.7 Å². The number of hydrogen-bond donors (Lipinski definition) is 1. The summed E-state index contributed by atoms with van der Waals surface area (Å²) >= 11 is 8.96. The molecule has 9 heteroatoms. The van der Waals surface area contributed by atoms with Gasteiger partial charge in [0.2, 0.25) is 11.6 Å². The van der Waals surface area contributed by atoms with Crippen molar-refractivity contribution in [2.45, 2.75) is 0 Å². The highest BCUT2D eigenvalue weighted by atomic mass is 79.9. The monoisotopic (exact) mass is 372 g/mol. The molecule has 2 rings (SSSR count). The normalized spacial score (nSPS) is 10.2. The van der Waals surface area contributed by atoms with E-state index in [9.17, 15) is 14.9 Å². The van der Waals surface area contributed by atoms with Gasteiger partial charge in [-0.15, -0.1) is 0 Å². The number of halogens is 2. The summed E-state index contributed by atoms with van der Waals surface area (Å²) in [5.74, 6) is -1.84. The second-order valence-corrected chi connectivity index (χ2v) is 5.08. The van der Waals surface area contributed by atoms with Gasteiger partial charge in [0.15, 0.2) is 0 Å². The smallest absolute Gasteiger partial charge is 0.341 e. The summed E-state index contributed by atoms with van der Waals surface area (Å²) in [4.78, 5) is 25.2. The second-order valence-electron chi connectivity index (χ2n) is 3.76. The van der Waals surface area contributed by atoms with E-state index in [2.05, 4.69) is 20.9 Å². The first kappa shape index (κ1) is 15.2. The fraction of sp³-hybridized carbons (Fsp3) is 0. The molecule has 0 saturated carbocycles. The number of ether oxygens (including phenoxy) is 1. The standard InChI is InChI=1S/C12H6BrClN2O5/c13-6-4-7(12(17)18)11(15-5-6)21-10-8(14)2-1-3-9(10)16(19)20/h1-5H,(H,17,18). The zero-order valence-corrected chi connectivity index (χ0v) is 12.5. The van der Waals surface area contributed by atoms with E-state index in [0.29, 0.717) is 4.47 Å². The van der Waals surface area contributed by atoms with Crippen molar-refractivity contribution in [2.24, 2.45) is 0 Å². The molecule has 0 bridgehead atoms. The van der Waals surface area contributed by atoms with E-state index < -0.39 is 10.9 Å². The summed E-state index contributed by atoms with van der Waals surface area (Å²) in [7, 11) is 0. The molecule has 21 heavy (non-hydrogen) atoms. The molecule has 0 aliphatic carbocycles. The van der Waals surface area contributed by atoms with Crippen molar-refractivity contribution < 1.29 is 19.6 Å². The topological polar surface area (TPSA) is 103 Å². The molecule has 1 aromatic carbocycles. The van der Waals surface area contributed by atoms with Gasteiger partial charge in [-0.2, -0.15) is 0 Å². The Kier molecular flexibility index (Phi) is 4.39. The van der Waals surface area contributed by atoms with E-state index in [1.54, 1.807) is 0 Å². The quantitative estimate of drug-likeness (QED) is 0.644. The number of aromatic nitrogens is 1. The first-order valence-corrected chi connectivity index (χ1v) is 6.57. The van der Waals surface area contributed by atoms with Gasteiger partial charge in [0.1, 0.15) is 5.56 Å². The van der Waals surface area contributed by atoms with E-state index in [0.717, 1.165) is 0 Å². The lowest BCUT2D eigenvalue weighted by atomic mass is 10.2. The first-order valence-electron chi connectivity index (χ1n) is 5.39. The number of nitrogens with zero attached hydrogens (tertiary/aromatic N) is 2. The highest BCUT2D eigenvalue weighted by Crippen LogP contribution is 2.38. The maximum Gasteiger partial charge on any atom is 0.341 e. The van der Waals surface area contributed by atoms with Gasteiger partial charge in [-0.05, 0) is 28.1 Å². The van der Waals surface area contributed by atoms with Gasteiger partial charge in [0.05, 0.1) is 9.95 Å². The number of pyridine rings is 1. The summed E-state index contributed by atoms with van der Waals surface area (Å²) in [5.41, 5.74) is -0.637. The highest BCUT2D eigenvalue weighted by Gasteiger charge is 2.22. The SMILES string of the molecule is O=C(O)c1cc(Br)cnc1Oc1c(Cl)cccc1[N+](=O)[O-]. The van der Waals surface area contributed by atoms with E-state index in [-0.39, 0.29) is 27.9 Å². The second kappa shape index (κ2) is 6.06. The number of para-hydroxylation sites is 1. The molecule has 0 amide bonds. The summed E-state index contributed by atoms with van der Waals surface area (Å²) < 4.78 is 5.69. The molecule has 0 saturated heterocycles. The minimum absolute atomic E-state index is 0.0229. The summed E-state index contributed by atoms with van der Waals surface area (Å²) in [6.45, 7) is 0. The van der Waals surface area contributed by atoms with Crippen LogP contribution in [0.2, 0.25) is 5.02 Å². The number of carboxylic acid groups (broad SMARTS) is 1. The molecule has 2 aromatic rings. The summed E-state index contributed by atoms with van der Waals surface area (Å²) in [6, 6.07) is 5.25. The molecule has 0 spiro atoms. The van der Waals surface area contributed by atoms with Crippen LogP contribution in [0.3, 0.4) is 0 Å². The van der Waals surface area contributed by atoms with E-state index in [1.807, 2.05) is 0 Å². The van der Waals surface area contributed by atoms with Crippen LogP contribution in [0, 0.1) is 10.1 Å². The maximum absolute atomic E-state index is 11.2. The molecule has 0 radical (unpaired) electrons. The number of rotatable bonds is 4. The van der Waals surface area contributed by atoms with E-state index >= 15 is 0 Å². The van der Waals surface area contributed by atoms with Crippen molar-refractivity contribution in [1.29, 1.82) is 0 Å². The Morgan fingerprint density at radius 1 is 1.48 bits per heavy atom. The zero-order valence-electron chi connectivity index (χ0n) is 10.1. The van der Waals surface area contributed by atoms with E-state index in [1.165, 1.54) is 30.5 Å². The number of nitro groups is 1. The fourth-order valence-corrected chi connectivity index (χ4v) is 2.04. The summed E-state index contributed by atoms with van der Waals surface area (Å²) in [5, 5.41) is 20.0. The molecule has 0 atom stereocenters. The Morgan fingerprint density at radius 2 is 2.19 bits per heavy atom. The third-order valence-electron chi connectivity index (χ3n) is 2.39. The Balaban J connectivity index is 2.53. The van der Waals surface area contributed by atoms with Crippen LogP contribution in [0.15, 0.2) is 34.9 Å². The van der Waals surface area contributed by atoms with Crippen molar-refractivity contribution in [3.05, 3.63) is 55.6 Å². The molecular formula is C12H6BrClN2O5. The van der Waals surface area contributed by atoms with Crippen LogP contribution in [-0.4, -0.2) is 21.0 Å². The maximum atomic E-state index is 11.2. The molecule has 0 aliphatic heterocycles. The lowest BCUT2D eigenvalue weighted by Gasteiger charge is -2.09. The predicted molar refractivity (Wildman–Crippen MR) is 77.1 cm³/mol. The van der Waals surface area contributed by atoms with Crippen molar-refractivity contribution >= 4 is 39.2 Å². The zero-order chi connectivity index (χ0) is 15.6. The molecule has 1 N–H and O–H groups in total. The number of carbonyl (C=O) groups is 1. The Hall–Kier alpha value is -2.19. The van der Waals surface area contributed by atoms with Crippen molar-refractivity contribution in [3.63, 3.8) is 0 Å². The van der Waals surface area contributed by atoms with Gasteiger partial charge in [-0.3, -0.25) is 10.1 Å². The molecule has 1 aromatic heterocycles. The molecule has 108 valence electrons. The van der Waals surface area contributed by atoms with Crippen molar-refractivity contribution in [1.82, 2.24) is 4.98 Å². The number of hydrogen-bond acceptors (Lipinski definition) is 5. The van der Waals surface area contributed by atoms with Crippen LogP contribution >= 0.6 is 27.5 Å². The number of benzene rings is 1. The highest BCUT2D eigenvalue weighted by molar-refractivity contribution is 9.10. The molecule has 7 nitrogen and oxygen atoms in total. The Bertz CT molecular complexity index is 738. The van der Waals surface area contributed by atoms with Gasteiger partial charge >= 0.3 is 11.7 Å². The fourth-order valence-electron chi connectivity index (χ4n) is 1.50. The van der Waals surface area contributed by atoms with Crippen LogP contribution in [0.1, 0.15) is 10.4 Å². The van der Waals surface area contributed by atoms with Crippen molar-refractivity contribution in [3.8, 4) is 11.6 Å². The number of aromatic carboxylic acids is 1. The lowest BCUT2D eigenvalue weighted by molar-refractivity contribution is -0.385. The molecular weight excluding hydrogens is 367 g/mol. The Labute approximate surface area is 131 Å². The first-order chi connectivity index (χ1) is 9.90. The van der Waals surface area contributed by atoms with Gasteiger partial charge in [0, 0.05) is 16.7 Å². The molecule has 0 fully saturated rings. The number of nitro benzene ring substituents is 1. The van der Waals surface area contributed by atoms with Gasteiger partial charge in [0.25, 0.3) is 0 Å². The largest absolute Gasteiger partial charge is 0.477 e. The van der Waals surface area contributed by atoms with Crippen LogP contribution in [0.4, 0.5) is 5.69 Å². The molecule has 1 heterocycles. The molecule has 0 unspecified atom stereocenters. The third kappa shape index (κ3) is 3.29. The van der Waals surface area contributed by atoms with Crippen LogP contribution in [0.5, 0.6) is 11.6 Å². The summed E-state index contributed by atoms with van der Waals surface area (Å²) in [6.07, 6.45) is 1.31. The van der Waals surface area contributed by atoms with Crippen LogP contribution in [0.25, 0.3) is 0 Å². The predicted octanol–water partition coefficient (Wildman–Crippen LogP) is 3.90. The van der Waals surface area contributed by atoms with Crippen LogP contribution < -0.4 is 4.74 Å². The van der Waals surface area contributed by atoms with Crippen molar-refractivity contribution in [2.75, 3.05) is 0 Å². The lowest BCUT2D eigenvalue weighted by Crippen LogP contribution is -2.03. The average molecular weight is 374 g/mol. The number of carboxylic acids is 1. The van der Waals surface area contributed by atoms with Crippen LogP contribution in [-0.2, 0) is 0 Å². The Morgan fingerprint density at radius 3 is 2.81 bits per heavy atom. The van der Waals surface area contributed by atoms with Gasteiger partial charge < -0.3 is 9.84 Å². The molecule has 0 aliphatic rings. The minimum atomic E-state index is -1.28. The van der Waals surface area contributed by atoms with E-state index in [4.69, 9.17) is 21.4 Å². The van der Waals surface area contributed by atoms with Gasteiger partial charge in [-0.25, -0.2) is 9.78 Å².